The van der Waals surface area contributed by atoms with Gasteiger partial charge in [0.05, 0.1) is 17.1 Å². The Morgan fingerprint density at radius 3 is 2.67 bits per heavy atom. The summed E-state index contributed by atoms with van der Waals surface area (Å²) < 4.78 is 0. The van der Waals surface area contributed by atoms with E-state index in [0.29, 0.717) is 10.8 Å². The maximum absolute atomic E-state index is 6.05. The highest BCUT2D eigenvalue weighted by atomic mass is 35.5. The summed E-state index contributed by atoms with van der Waals surface area (Å²) in [6, 6.07) is 11.5. The molecule has 1 aromatic carbocycles. The topological polar surface area (TPSA) is 96.0 Å². The van der Waals surface area contributed by atoms with Crippen LogP contribution in [0.3, 0.4) is 0 Å². The van der Waals surface area contributed by atoms with Crippen molar-refractivity contribution >= 4 is 11.6 Å². The van der Waals surface area contributed by atoms with E-state index < -0.39 is 0 Å². The second kappa shape index (κ2) is 6.59. The summed E-state index contributed by atoms with van der Waals surface area (Å²) in [5.74, 6) is 2.26. The molecule has 0 radical (unpaired) electrons. The van der Waals surface area contributed by atoms with E-state index in [4.69, 9.17) is 16.6 Å². The SMILES string of the molecule is Clc1ccc(-c2nc(CC3CC3)[nH]c2-c2cc(-c3nn[nH]n3)ccn2)cc1. The van der Waals surface area contributed by atoms with E-state index in [0.717, 1.165) is 46.4 Å². The molecule has 0 aliphatic heterocycles. The fraction of sp³-hybridized carbons (Fsp3) is 0.211. The first-order valence-electron chi connectivity index (χ1n) is 8.81. The number of pyridine rings is 1. The molecule has 1 saturated carbocycles. The van der Waals surface area contributed by atoms with Crippen LogP contribution in [-0.4, -0.2) is 35.6 Å². The Morgan fingerprint density at radius 1 is 1.07 bits per heavy atom. The van der Waals surface area contributed by atoms with Gasteiger partial charge in [0.15, 0.2) is 0 Å². The minimum absolute atomic E-state index is 0.532. The Balaban J connectivity index is 1.61. The maximum Gasteiger partial charge on any atom is 0.204 e. The van der Waals surface area contributed by atoms with Gasteiger partial charge in [-0.25, -0.2) is 4.98 Å². The highest BCUT2D eigenvalue weighted by molar-refractivity contribution is 6.30. The Hall–Kier alpha value is -3.06. The molecule has 0 atom stereocenters. The number of H-pyrrole nitrogens is 2. The van der Waals surface area contributed by atoms with E-state index in [1.165, 1.54) is 12.8 Å². The second-order valence-electron chi connectivity index (χ2n) is 6.73. The minimum atomic E-state index is 0.532. The molecule has 27 heavy (non-hydrogen) atoms. The van der Waals surface area contributed by atoms with E-state index in [1.54, 1.807) is 6.20 Å². The highest BCUT2D eigenvalue weighted by Crippen LogP contribution is 2.35. The van der Waals surface area contributed by atoms with Crippen molar-refractivity contribution in [3.8, 4) is 34.0 Å². The fourth-order valence-electron chi connectivity index (χ4n) is 3.11. The summed E-state index contributed by atoms with van der Waals surface area (Å²) in [5.41, 5.74) is 4.39. The van der Waals surface area contributed by atoms with Crippen LogP contribution in [0.5, 0.6) is 0 Å². The summed E-state index contributed by atoms with van der Waals surface area (Å²) >= 11 is 6.05. The summed E-state index contributed by atoms with van der Waals surface area (Å²) in [6.45, 7) is 0. The van der Waals surface area contributed by atoms with Crippen molar-refractivity contribution in [2.75, 3.05) is 0 Å². The smallest absolute Gasteiger partial charge is 0.204 e. The van der Waals surface area contributed by atoms with E-state index in [1.807, 2.05) is 36.4 Å². The van der Waals surface area contributed by atoms with E-state index >= 15 is 0 Å². The zero-order valence-electron chi connectivity index (χ0n) is 14.4. The molecule has 3 aromatic heterocycles. The molecule has 0 saturated heterocycles. The Labute approximate surface area is 160 Å². The van der Waals surface area contributed by atoms with Crippen LogP contribution in [0.2, 0.25) is 5.02 Å². The predicted molar refractivity (Wildman–Crippen MR) is 102 cm³/mol. The number of nitrogens with one attached hydrogen (secondary N) is 2. The number of aromatic amines is 2. The summed E-state index contributed by atoms with van der Waals surface area (Å²) in [4.78, 5) is 12.9. The molecule has 8 heteroatoms. The van der Waals surface area contributed by atoms with Crippen molar-refractivity contribution in [3.05, 3.63) is 53.4 Å². The third-order valence-corrected chi connectivity index (χ3v) is 4.92. The second-order valence-corrected chi connectivity index (χ2v) is 7.16. The number of aromatic nitrogens is 7. The van der Waals surface area contributed by atoms with Crippen LogP contribution < -0.4 is 0 Å². The molecule has 134 valence electrons. The molecular formula is C19H16ClN7. The minimum Gasteiger partial charge on any atom is -0.340 e. The highest BCUT2D eigenvalue weighted by Gasteiger charge is 2.25. The molecule has 2 N–H and O–H groups in total. The van der Waals surface area contributed by atoms with Gasteiger partial charge < -0.3 is 4.98 Å². The van der Waals surface area contributed by atoms with Gasteiger partial charge in [-0.05, 0) is 48.2 Å². The molecule has 5 rings (SSSR count). The molecule has 1 aliphatic rings. The zero-order valence-corrected chi connectivity index (χ0v) is 15.1. The molecule has 0 unspecified atom stereocenters. The maximum atomic E-state index is 6.05. The van der Waals surface area contributed by atoms with Crippen LogP contribution in [0.1, 0.15) is 18.7 Å². The predicted octanol–water partition coefficient (Wildman–Crippen LogP) is 3.92. The Bertz CT molecular complexity index is 1070. The zero-order chi connectivity index (χ0) is 18.2. The number of halogens is 1. The van der Waals surface area contributed by atoms with Crippen LogP contribution >= 0.6 is 11.6 Å². The van der Waals surface area contributed by atoms with Crippen molar-refractivity contribution in [1.82, 2.24) is 35.6 Å². The number of imidazole rings is 1. The summed E-state index contributed by atoms with van der Waals surface area (Å²) in [5, 5.41) is 14.9. The van der Waals surface area contributed by atoms with Gasteiger partial charge in [0.2, 0.25) is 5.82 Å². The first-order chi connectivity index (χ1) is 13.3. The number of tetrazole rings is 1. The van der Waals surface area contributed by atoms with Gasteiger partial charge in [-0.2, -0.15) is 5.21 Å². The van der Waals surface area contributed by atoms with Crippen molar-refractivity contribution in [1.29, 1.82) is 0 Å². The van der Waals surface area contributed by atoms with E-state index in [2.05, 4.69) is 30.6 Å². The van der Waals surface area contributed by atoms with Crippen molar-refractivity contribution < 1.29 is 0 Å². The quantitative estimate of drug-likeness (QED) is 0.549. The van der Waals surface area contributed by atoms with Crippen LogP contribution in [0.15, 0.2) is 42.6 Å². The normalized spacial score (nSPS) is 13.8. The van der Waals surface area contributed by atoms with Crippen LogP contribution in [0, 0.1) is 5.92 Å². The van der Waals surface area contributed by atoms with E-state index in [-0.39, 0.29) is 0 Å². The van der Waals surface area contributed by atoms with Crippen LogP contribution in [0.4, 0.5) is 0 Å². The molecule has 7 nitrogen and oxygen atoms in total. The average Bonchev–Trinajstić information content (AvgIpc) is 3.18. The molecule has 1 fully saturated rings. The summed E-state index contributed by atoms with van der Waals surface area (Å²) in [7, 11) is 0. The lowest BCUT2D eigenvalue weighted by molar-refractivity contribution is 0.785. The van der Waals surface area contributed by atoms with E-state index in [9.17, 15) is 0 Å². The first-order valence-corrected chi connectivity index (χ1v) is 9.19. The Morgan fingerprint density at radius 2 is 1.93 bits per heavy atom. The molecule has 0 spiro atoms. The van der Waals surface area contributed by atoms with Gasteiger partial charge >= 0.3 is 0 Å². The van der Waals surface area contributed by atoms with Gasteiger partial charge in [0.1, 0.15) is 5.82 Å². The third kappa shape index (κ3) is 3.33. The van der Waals surface area contributed by atoms with Crippen LogP contribution in [0.25, 0.3) is 34.0 Å². The average molecular weight is 378 g/mol. The molecule has 4 aromatic rings. The van der Waals surface area contributed by atoms with Crippen molar-refractivity contribution in [2.24, 2.45) is 5.92 Å². The van der Waals surface area contributed by atoms with Gasteiger partial charge in [-0.1, -0.05) is 23.7 Å². The molecule has 0 amide bonds. The lowest BCUT2D eigenvalue weighted by Gasteiger charge is -2.04. The molecule has 0 bridgehead atoms. The van der Waals surface area contributed by atoms with Gasteiger partial charge in [-0.3, -0.25) is 4.98 Å². The Kier molecular flexibility index (Phi) is 3.94. The van der Waals surface area contributed by atoms with Gasteiger partial charge in [-0.15, -0.1) is 10.2 Å². The van der Waals surface area contributed by atoms with Gasteiger partial charge in [0, 0.05) is 28.8 Å². The number of rotatable bonds is 5. The number of hydrogen-bond acceptors (Lipinski definition) is 5. The number of hydrogen-bond donors (Lipinski definition) is 2. The number of benzene rings is 1. The van der Waals surface area contributed by atoms with Crippen LogP contribution in [-0.2, 0) is 6.42 Å². The van der Waals surface area contributed by atoms with Crippen molar-refractivity contribution in [3.63, 3.8) is 0 Å². The molecular weight excluding hydrogens is 362 g/mol. The molecule has 3 heterocycles. The lowest BCUT2D eigenvalue weighted by Crippen LogP contribution is -1.91. The molecule has 1 aliphatic carbocycles. The standard InChI is InChI=1S/C19H16ClN7/c20-14-5-3-12(4-6-14)17-18(23-16(22-17)9-11-1-2-11)15-10-13(7-8-21-15)19-24-26-27-25-19/h3-8,10-11H,1-2,9H2,(H,22,23)(H,24,25,26,27). The largest absolute Gasteiger partial charge is 0.340 e. The monoisotopic (exact) mass is 377 g/mol. The van der Waals surface area contributed by atoms with Crippen molar-refractivity contribution in [2.45, 2.75) is 19.3 Å². The fourth-order valence-corrected chi connectivity index (χ4v) is 3.23. The summed E-state index contributed by atoms with van der Waals surface area (Å²) in [6.07, 6.45) is 5.26. The third-order valence-electron chi connectivity index (χ3n) is 4.67. The number of nitrogens with zero attached hydrogens (tertiary/aromatic N) is 5. The lowest BCUT2D eigenvalue weighted by atomic mass is 10.1. The first kappa shape index (κ1) is 16.1. The van der Waals surface area contributed by atoms with Gasteiger partial charge in [0.25, 0.3) is 0 Å².